The molecule has 4 heteroatoms. The van der Waals surface area contributed by atoms with Crippen molar-refractivity contribution in [2.75, 3.05) is 0 Å². The molecule has 19 heavy (non-hydrogen) atoms. The van der Waals surface area contributed by atoms with Crippen molar-refractivity contribution >= 4 is 5.91 Å². The molecule has 0 aliphatic carbocycles. The van der Waals surface area contributed by atoms with E-state index in [0.717, 1.165) is 5.56 Å². The second-order valence-corrected chi connectivity index (χ2v) is 5.41. The number of rotatable bonds is 5. The average Bonchev–Trinajstić information content (AvgIpc) is 2.31. The molecule has 0 aliphatic rings. The molecule has 1 aromatic carbocycles. The van der Waals surface area contributed by atoms with Crippen molar-refractivity contribution in [3.8, 4) is 5.75 Å². The molecule has 0 radical (unpaired) electrons. The van der Waals surface area contributed by atoms with Gasteiger partial charge in [-0.3, -0.25) is 4.79 Å². The molecule has 4 nitrogen and oxygen atoms in total. The second-order valence-electron chi connectivity index (χ2n) is 5.41. The summed E-state index contributed by atoms with van der Waals surface area (Å²) in [6, 6.07) is 6.52. The Bertz CT molecular complexity index is 405. The number of phenols is 1. The predicted octanol–water partition coefficient (Wildman–Crippen LogP) is 1.91. The van der Waals surface area contributed by atoms with Crippen LogP contribution in [-0.2, 0) is 11.2 Å². The van der Waals surface area contributed by atoms with Gasteiger partial charge in [0.1, 0.15) is 5.75 Å². The zero-order valence-electron chi connectivity index (χ0n) is 12.1. The van der Waals surface area contributed by atoms with Crippen LogP contribution in [0.15, 0.2) is 24.3 Å². The number of hydrogen-bond acceptors (Lipinski definition) is 3. The topological polar surface area (TPSA) is 66.6 Å². The molecular weight excluding hydrogens is 240 g/mol. The normalized spacial score (nSPS) is 12.8. The number of benzene rings is 1. The van der Waals surface area contributed by atoms with E-state index in [1.165, 1.54) is 0 Å². The highest BCUT2D eigenvalue weighted by molar-refractivity contribution is 5.82. The van der Waals surface area contributed by atoms with Crippen molar-refractivity contribution in [1.29, 1.82) is 0 Å². The van der Waals surface area contributed by atoms with Crippen LogP contribution in [-0.4, -0.2) is 34.0 Å². The lowest BCUT2D eigenvalue weighted by molar-refractivity contribution is -0.136. The van der Waals surface area contributed by atoms with Crippen LogP contribution in [0.5, 0.6) is 5.75 Å². The Morgan fingerprint density at radius 3 is 2.05 bits per heavy atom. The molecule has 0 fully saturated rings. The Labute approximate surface area is 115 Å². The summed E-state index contributed by atoms with van der Waals surface area (Å²) in [5, 5.41) is 9.23. The Morgan fingerprint density at radius 2 is 1.63 bits per heavy atom. The summed E-state index contributed by atoms with van der Waals surface area (Å²) in [5.41, 5.74) is 6.96. The standard InChI is InChI=1S/C15H24N2O2/c1-10(2)17(11(3)4)15(19)14(16)9-12-5-7-13(18)8-6-12/h5-8,10-11,14,18H,9,16H2,1-4H3/t14-/m1/s1. The summed E-state index contributed by atoms with van der Waals surface area (Å²) in [7, 11) is 0. The lowest BCUT2D eigenvalue weighted by Gasteiger charge is -2.33. The van der Waals surface area contributed by atoms with Crippen LogP contribution in [0.2, 0.25) is 0 Å². The number of hydrogen-bond donors (Lipinski definition) is 2. The van der Waals surface area contributed by atoms with Gasteiger partial charge in [0.25, 0.3) is 0 Å². The SMILES string of the molecule is CC(C)N(C(=O)[C@H](N)Cc1ccc(O)cc1)C(C)C. The van der Waals surface area contributed by atoms with E-state index in [4.69, 9.17) is 5.73 Å². The smallest absolute Gasteiger partial charge is 0.240 e. The molecule has 0 aliphatic heterocycles. The highest BCUT2D eigenvalue weighted by Crippen LogP contribution is 2.13. The average molecular weight is 264 g/mol. The van der Waals surface area contributed by atoms with E-state index in [1.54, 1.807) is 24.3 Å². The zero-order valence-corrected chi connectivity index (χ0v) is 12.1. The zero-order chi connectivity index (χ0) is 14.6. The van der Waals surface area contributed by atoms with E-state index in [-0.39, 0.29) is 23.7 Å². The quantitative estimate of drug-likeness (QED) is 0.853. The number of carbonyl (C=O) groups excluding carboxylic acids is 1. The Hall–Kier alpha value is -1.55. The van der Waals surface area contributed by atoms with Crippen molar-refractivity contribution < 1.29 is 9.90 Å². The van der Waals surface area contributed by atoms with Gasteiger partial charge in [-0.1, -0.05) is 12.1 Å². The van der Waals surface area contributed by atoms with Crippen LogP contribution in [0.1, 0.15) is 33.3 Å². The lowest BCUT2D eigenvalue weighted by Crippen LogP contribution is -2.50. The van der Waals surface area contributed by atoms with E-state index in [2.05, 4.69) is 0 Å². The molecule has 0 unspecified atom stereocenters. The number of nitrogens with two attached hydrogens (primary N) is 1. The van der Waals surface area contributed by atoms with Crippen LogP contribution in [0.25, 0.3) is 0 Å². The molecule has 1 rings (SSSR count). The maximum absolute atomic E-state index is 12.3. The van der Waals surface area contributed by atoms with Crippen molar-refractivity contribution in [3.63, 3.8) is 0 Å². The first kappa shape index (κ1) is 15.5. The molecule has 1 atom stereocenters. The Kier molecular flexibility index (Phi) is 5.36. The fraction of sp³-hybridized carbons (Fsp3) is 0.533. The van der Waals surface area contributed by atoms with E-state index in [0.29, 0.717) is 6.42 Å². The first-order valence-corrected chi connectivity index (χ1v) is 6.68. The molecular formula is C15H24N2O2. The summed E-state index contributed by atoms with van der Waals surface area (Å²) in [6.45, 7) is 7.96. The maximum Gasteiger partial charge on any atom is 0.240 e. The molecule has 0 saturated carbocycles. The van der Waals surface area contributed by atoms with E-state index in [9.17, 15) is 9.90 Å². The third kappa shape index (κ3) is 4.24. The second kappa shape index (κ2) is 6.57. The number of amides is 1. The molecule has 1 aromatic rings. The van der Waals surface area contributed by atoms with Crippen molar-refractivity contribution in [3.05, 3.63) is 29.8 Å². The molecule has 1 amide bonds. The third-order valence-electron chi connectivity index (χ3n) is 3.08. The summed E-state index contributed by atoms with van der Waals surface area (Å²) in [4.78, 5) is 14.2. The molecule has 0 aromatic heterocycles. The first-order valence-electron chi connectivity index (χ1n) is 6.68. The number of nitrogens with zero attached hydrogens (tertiary/aromatic N) is 1. The van der Waals surface area contributed by atoms with Crippen LogP contribution in [0.3, 0.4) is 0 Å². The summed E-state index contributed by atoms with van der Waals surface area (Å²) in [5.74, 6) is 0.188. The summed E-state index contributed by atoms with van der Waals surface area (Å²) >= 11 is 0. The molecule has 0 saturated heterocycles. The van der Waals surface area contributed by atoms with Crippen molar-refractivity contribution in [2.24, 2.45) is 5.73 Å². The largest absolute Gasteiger partial charge is 0.508 e. The molecule has 0 spiro atoms. The predicted molar refractivity (Wildman–Crippen MR) is 76.9 cm³/mol. The van der Waals surface area contributed by atoms with Gasteiger partial charge in [-0.05, 0) is 51.8 Å². The van der Waals surface area contributed by atoms with Crippen molar-refractivity contribution in [2.45, 2.75) is 52.2 Å². The van der Waals surface area contributed by atoms with E-state index >= 15 is 0 Å². The summed E-state index contributed by atoms with van der Waals surface area (Å²) < 4.78 is 0. The highest BCUT2D eigenvalue weighted by atomic mass is 16.3. The fourth-order valence-electron chi connectivity index (χ4n) is 2.27. The minimum Gasteiger partial charge on any atom is -0.508 e. The Morgan fingerprint density at radius 1 is 1.16 bits per heavy atom. The minimum atomic E-state index is -0.547. The Balaban J connectivity index is 2.73. The highest BCUT2D eigenvalue weighted by Gasteiger charge is 2.25. The van der Waals surface area contributed by atoms with Gasteiger partial charge >= 0.3 is 0 Å². The van der Waals surface area contributed by atoms with Gasteiger partial charge in [0, 0.05) is 12.1 Å². The third-order valence-corrected chi connectivity index (χ3v) is 3.08. The van der Waals surface area contributed by atoms with Gasteiger partial charge in [0.2, 0.25) is 5.91 Å². The van der Waals surface area contributed by atoms with Gasteiger partial charge < -0.3 is 15.7 Å². The van der Waals surface area contributed by atoms with Gasteiger partial charge in [0.05, 0.1) is 6.04 Å². The molecule has 0 heterocycles. The maximum atomic E-state index is 12.3. The number of phenolic OH excluding ortho intramolecular Hbond substituents is 1. The lowest BCUT2D eigenvalue weighted by atomic mass is 10.0. The van der Waals surface area contributed by atoms with E-state index in [1.807, 2.05) is 32.6 Å². The van der Waals surface area contributed by atoms with Crippen LogP contribution in [0.4, 0.5) is 0 Å². The first-order chi connectivity index (χ1) is 8.82. The fourth-order valence-corrected chi connectivity index (χ4v) is 2.27. The monoisotopic (exact) mass is 264 g/mol. The van der Waals surface area contributed by atoms with Gasteiger partial charge in [-0.15, -0.1) is 0 Å². The van der Waals surface area contributed by atoms with Crippen molar-refractivity contribution in [1.82, 2.24) is 4.90 Å². The molecule has 106 valence electrons. The van der Waals surface area contributed by atoms with Crippen LogP contribution >= 0.6 is 0 Å². The summed E-state index contributed by atoms with van der Waals surface area (Å²) in [6.07, 6.45) is 0.481. The number of carbonyl (C=O) groups is 1. The molecule has 3 N–H and O–H groups in total. The van der Waals surface area contributed by atoms with Gasteiger partial charge in [-0.2, -0.15) is 0 Å². The van der Waals surface area contributed by atoms with Gasteiger partial charge in [-0.25, -0.2) is 0 Å². The number of aromatic hydroxyl groups is 1. The van der Waals surface area contributed by atoms with E-state index < -0.39 is 6.04 Å². The van der Waals surface area contributed by atoms with Crippen LogP contribution in [0, 0.1) is 0 Å². The molecule has 0 bridgehead atoms. The van der Waals surface area contributed by atoms with Gasteiger partial charge in [0.15, 0.2) is 0 Å². The van der Waals surface area contributed by atoms with Crippen LogP contribution < -0.4 is 5.73 Å². The minimum absolute atomic E-state index is 0.0296.